The summed E-state index contributed by atoms with van der Waals surface area (Å²) < 4.78 is 39.1. The molecule has 0 spiro atoms. The van der Waals surface area contributed by atoms with Gasteiger partial charge in [-0.25, -0.2) is 0 Å². The zero-order valence-corrected chi connectivity index (χ0v) is 11.5. The van der Waals surface area contributed by atoms with Crippen molar-refractivity contribution in [2.45, 2.75) is 25.4 Å². The summed E-state index contributed by atoms with van der Waals surface area (Å²) in [6.45, 7) is 1.52. The zero-order chi connectivity index (χ0) is 15.0. The molecule has 0 aliphatic carbocycles. The summed E-state index contributed by atoms with van der Waals surface area (Å²) in [6.07, 6.45) is -0.963. The fraction of sp³-hybridized carbons (Fsp3) is 0.438. The van der Waals surface area contributed by atoms with Crippen LogP contribution in [0.2, 0.25) is 0 Å². The maximum Gasteiger partial charge on any atom is 0.416 e. The largest absolute Gasteiger partial charge is 0.416 e. The lowest BCUT2D eigenvalue weighted by Gasteiger charge is -2.29. The molecule has 2 bridgehead atoms. The molecule has 0 aromatic heterocycles. The van der Waals surface area contributed by atoms with Crippen molar-refractivity contribution in [1.29, 1.82) is 0 Å². The highest BCUT2D eigenvalue weighted by molar-refractivity contribution is 5.85. The Morgan fingerprint density at radius 1 is 1.14 bits per heavy atom. The first-order chi connectivity index (χ1) is 9.95. The zero-order valence-electron chi connectivity index (χ0n) is 11.5. The Hall–Kier alpha value is -1.78. The lowest BCUT2D eigenvalue weighted by molar-refractivity contribution is -0.137. The molecule has 0 N–H and O–H groups in total. The maximum atomic E-state index is 13.0. The first-order valence-electron chi connectivity index (χ1n) is 7.09. The van der Waals surface area contributed by atoms with E-state index in [2.05, 4.69) is 4.90 Å². The second-order valence-electron chi connectivity index (χ2n) is 5.63. The molecule has 0 radical (unpaired) electrons. The van der Waals surface area contributed by atoms with Gasteiger partial charge in [0.05, 0.1) is 5.56 Å². The molecule has 112 valence electrons. The number of nitrogens with zero attached hydrogens (tertiary/aromatic N) is 1. The topological polar surface area (TPSA) is 20.3 Å². The van der Waals surface area contributed by atoms with Gasteiger partial charge in [0.25, 0.3) is 0 Å². The van der Waals surface area contributed by atoms with Gasteiger partial charge in [-0.1, -0.05) is 18.2 Å². The number of Topliss-reactive ketones (excluding diaryl/α,β-unsaturated/α-hetero) is 1. The van der Waals surface area contributed by atoms with Crippen molar-refractivity contribution in [2.75, 3.05) is 13.1 Å². The number of fused-ring (bicyclic) bond motifs is 4. The van der Waals surface area contributed by atoms with E-state index in [1.165, 1.54) is 18.2 Å². The number of hydrogen-bond acceptors (Lipinski definition) is 2. The molecule has 21 heavy (non-hydrogen) atoms. The van der Waals surface area contributed by atoms with Gasteiger partial charge >= 0.3 is 6.18 Å². The number of hydrogen-bond donors (Lipinski definition) is 0. The maximum absolute atomic E-state index is 13.0. The second-order valence-corrected chi connectivity index (χ2v) is 5.63. The lowest BCUT2D eigenvalue weighted by Crippen LogP contribution is -2.30. The van der Waals surface area contributed by atoms with Crippen molar-refractivity contribution in [3.63, 3.8) is 0 Å². The Morgan fingerprint density at radius 3 is 2.48 bits per heavy atom. The van der Waals surface area contributed by atoms with Crippen LogP contribution in [0.5, 0.6) is 0 Å². The van der Waals surface area contributed by atoms with E-state index in [1.54, 1.807) is 6.07 Å². The highest BCUT2D eigenvalue weighted by Crippen LogP contribution is 2.35. The van der Waals surface area contributed by atoms with Crippen LogP contribution in [0, 0.1) is 5.92 Å². The molecule has 3 aliphatic rings. The molecule has 0 atom stereocenters. The van der Waals surface area contributed by atoms with Gasteiger partial charge in [0, 0.05) is 31.1 Å². The average Bonchev–Trinajstić information content (AvgIpc) is 2.68. The van der Waals surface area contributed by atoms with E-state index >= 15 is 0 Å². The summed E-state index contributed by atoms with van der Waals surface area (Å²) in [5.41, 5.74) is 0.208. The van der Waals surface area contributed by atoms with Crippen molar-refractivity contribution < 1.29 is 18.0 Å². The minimum atomic E-state index is -4.38. The van der Waals surface area contributed by atoms with Crippen molar-refractivity contribution in [1.82, 2.24) is 4.90 Å². The van der Waals surface area contributed by atoms with E-state index in [0.29, 0.717) is 0 Å². The van der Waals surface area contributed by atoms with E-state index in [0.717, 1.165) is 37.7 Å². The molecule has 3 saturated heterocycles. The van der Waals surface area contributed by atoms with Crippen LogP contribution < -0.4 is 0 Å². The number of allylic oxidation sites excluding steroid dienone is 1. The van der Waals surface area contributed by atoms with Crippen LogP contribution in [-0.4, -0.2) is 23.8 Å². The second kappa shape index (κ2) is 5.20. The quantitative estimate of drug-likeness (QED) is 0.787. The van der Waals surface area contributed by atoms with E-state index < -0.39 is 11.7 Å². The Morgan fingerprint density at radius 2 is 1.81 bits per heavy atom. The monoisotopic (exact) mass is 295 g/mol. The predicted molar refractivity (Wildman–Crippen MR) is 73.3 cm³/mol. The molecule has 2 nitrogen and oxygen atoms in total. The fourth-order valence-corrected chi connectivity index (χ4v) is 3.13. The summed E-state index contributed by atoms with van der Waals surface area (Å²) in [7, 11) is 0. The number of carbonyl (C=O) groups is 1. The van der Waals surface area contributed by atoms with Gasteiger partial charge in [-0.3, -0.25) is 4.79 Å². The molecule has 0 unspecified atom stereocenters. The summed E-state index contributed by atoms with van der Waals surface area (Å²) >= 11 is 0. The van der Waals surface area contributed by atoms with Crippen LogP contribution in [0.25, 0.3) is 6.08 Å². The number of halogens is 3. The highest BCUT2D eigenvalue weighted by Gasteiger charge is 2.34. The van der Waals surface area contributed by atoms with Crippen LogP contribution in [0.1, 0.15) is 30.4 Å². The predicted octanol–water partition coefficient (Wildman–Crippen LogP) is 3.73. The molecule has 5 heteroatoms. The van der Waals surface area contributed by atoms with Crippen molar-refractivity contribution in [2.24, 2.45) is 5.92 Å². The molecular formula is C16H16F3NO. The normalized spacial score (nSPS) is 22.0. The molecule has 1 aromatic carbocycles. The minimum absolute atomic E-state index is 0.0880. The van der Waals surface area contributed by atoms with Gasteiger partial charge in [0.15, 0.2) is 0 Å². The van der Waals surface area contributed by atoms with Crippen LogP contribution in [-0.2, 0) is 11.0 Å². The van der Waals surface area contributed by atoms with Crippen molar-refractivity contribution >= 4 is 11.9 Å². The Balaban J connectivity index is 2.00. The third-order valence-electron chi connectivity index (χ3n) is 4.30. The molecule has 0 saturated carbocycles. The van der Waals surface area contributed by atoms with E-state index in [-0.39, 0.29) is 23.7 Å². The van der Waals surface area contributed by atoms with Crippen LogP contribution in [0.3, 0.4) is 0 Å². The van der Waals surface area contributed by atoms with Crippen LogP contribution >= 0.6 is 0 Å². The molecule has 3 heterocycles. The number of ketones is 1. The van der Waals surface area contributed by atoms with Gasteiger partial charge in [0.2, 0.25) is 0 Å². The summed E-state index contributed by atoms with van der Waals surface area (Å²) in [5, 5.41) is 0. The fourth-order valence-electron chi connectivity index (χ4n) is 3.13. The number of alkyl halides is 3. The van der Waals surface area contributed by atoms with Crippen LogP contribution in [0.15, 0.2) is 30.0 Å². The summed E-state index contributed by atoms with van der Waals surface area (Å²) in [5.74, 6) is 0.246. The van der Waals surface area contributed by atoms with Crippen molar-refractivity contribution in [3.05, 3.63) is 41.1 Å². The van der Waals surface area contributed by atoms with Gasteiger partial charge in [0.1, 0.15) is 5.78 Å². The van der Waals surface area contributed by atoms with Crippen LogP contribution in [0.4, 0.5) is 13.2 Å². The summed E-state index contributed by atoms with van der Waals surface area (Å²) in [6, 6.07) is 5.51. The minimum Gasteiger partial charge on any atom is -0.374 e. The van der Waals surface area contributed by atoms with E-state index in [9.17, 15) is 18.0 Å². The van der Waals surface area contributed by atoms with Gasteiger partial charge in [-0.2, -0.15) is 13.2 Å². The van der Waals surface area contributed by atoms with Gasteiger partial charge < -0.3 is 4.90 Å². The number of carbonyl (C=O) groups excluding carboxylic acids is 1. The smallest absolute Gasteiger partial charge is 0.374 e. The van der Waals surface area contributed by atoms with Gasteiger partial charge in [-0.15, -0.1) is 0 Å². The third-order valence-corrected chi connectivity index (χ3v) is 4.30. The standard InChI is InChI=1S/C16H16F3NO/c17-16(18,19)14-4-2-1-3-12(14)9-13-10-15(21)11-5-7-20(13)8-6-11/h1-4,9,11H,5-8,10H2/b13-9+. The van der Waals surface area contributed by atoms with E-state index in [4.69, 9.17) is 0 Å². The highest BCUT2D eigenvalue weighted by atomic mass is 19.4. The number of benzene rings is 1. The number of piperidine rings is 1. The summed E-state index contributed by atoms with van der Waals surface area (Å²) in [4.78, 5) is 14.1. The Bertz CT molecular complexity index is 583. The molecule has 0 amide bonds. The molecule has 4 rings (SSSR count). The lowest BCUT2D eigenvalue weighted by atomic mass is 9.94. The molecule has 3 aliphatic heterocycles. The van der Waals surface area contributed by atoms with Gasteiger partial charge in [-0.05, 0) is 30.5 Å². The third kappa shape index (κ3) is 2.82. The first kappa shape index (κ1) is 14.2. The average molecular weight is 295 g/mol. The number of rotatable bonds is 1. The van der Waals surface area contributed by atoms with Crippen molar-refractivity contribution in [3.8, 4) is 0 Å². The molecule has 3 fully saturated rings. The first-order valence-corrected chi connectivity index (χ1v) is 7.09. The molecule has 1 aromatic rings. The Kier molecular flexibility index (Phi) is 3.51. The molecular weight excluding hydrogens is 279 g/mol. The Labute approximate surface area is 121 Å². The SMILES string of the molecule is O=C1C/C(=C\c2ccccc2C(F)(F)F)N2CCC1CC2. The van der Waals surface area contributed by atoms with E-state index in [1.807, 2.05) is 0 Å².